The van der Waals surface area contributed by atoms with Crippen LogP contribution in [0.4, 0.5) is 15.8 Å². The van der Waals surface area contributed by atoms with E-state index in [2.05, 4.69) is 52.3 Å². The number of carbonyl (C=O) groups is 1. The molecule has 39 heavy (non-hydrogen) atoms. The highest BCUT2D eigenvalue weighted by molar-refractivity contribution is 5.98. The van der Waals surface area contributed by atoms with Crippen LogP contribution in [0, 0.1) is 11.7 Å². The minimum absolute atomic E-state index is 0.105. The number of likely N-dealkylation sites (N-methyl/N-ethyl adjacent to an activating group) is 1. The summed E-state index contributed by atoms with van der Waals surface area (Å²) in [7, 11) is 2.12. The molecular weight excluding hydrogens is 497 g/mol. The predicted octanol–water partition coefficient (Wildman–Crippen LogP) is 4.44. The van der Waals surface area contributed by atoms with E-state index >= 15 is 4.39 Å². The number of H-pyrrole nitrogens is 2. The molecular formula is C28H30FN9O. The molecule has 0 atom stereocenters. The third-order valence-corrected chi connectivity index (χ3v) is 7.03. The van der Waals surface area contributed by atoms with Gasteiger partial charge >= 0.3 is 0 Å². The van der Waals surface area contributed by atoms with Crippen molar-refractivity contribution in [2.24, 2.45) is 5.92 Å². The highest BCUT2D eigenvalue weighted by Gasteiger charge is 2.22. The maximum atomic E-state index is 16.1. The zero-order valence-electron chi connectivity index (χ0n) is 22.1. The molecule has 1 saturated heterocycles. The van der Waals surface area contributed by atoms with Gasteiger partial charge in [-0.15, -0.1) is 0 Å². The van der Waals surface area contributed by atoms with E-state index in [0.717, 1.165) is 37.4 Å². The fourth-order valence-electron chi connectivity index (χ4n) is 5.03. The Morgan fingerprint density at radius 3 is 2.77 bits per heavy atom. The van der Waals surface area contributed by atoms with Crippen molar-refractivity contribution >= 4 is 39.3 Å². The second-order valence-electron chi connectivity index (χ2n) is 10.4. The first-order chi connectivity index (χ1) is 18.9. The fraction of sp³-hybridized carbons (Fsp3) is 0.321. The monoisotopic (exact) mass is 527 g/mol. The molecule has 0 radical (unpaired) electrons. The average Bonchev–Trinajstić information content (AvgIpc) is 3.54. The van der Waals surface area contributed by atoms with Crippen LogP contribution >= 0.6 is 0 Å². The first-order valence-electron chi connectivity index (χ1n) is 13.1. The number of nitrogens with one attached hydrogen (secondary N) is 3. The molecule has 0 aliphatic carbocycles. The lowest BCUT2D eigenvalue weighted by Crippen LogP contribution is -2.44. The van der Waals surface area contributed by atoms with Crippen molar-refractivity contribution in [2.75, 3.05) is 43.4 Å². The van der Waals surface area contributed by atoms with Crippen molar-refractivity contribution < 1.29 is 9.18 Å². The zero-order valence-corrected chi connectivity index (χ0v) is 22.1. The Hall–Kier alpha value is -4.38. The summed E-state index contributed by atoms with van der Waals surface area (Å²) < 4.78 is 16.1. The molecule has 5 heterocycles. The molecule has 1 aliphatic rings. The van der Waals surface area contributed by atoms with Gasteiger partial charge < -0.3 is 20.1 Å². The van der Waals surface area contributed by atoms with Crippen molar-refractivity contribution in [1.29, 1.82) is 0 Å². The molecule has 6 rings (SSSR count). The van der Waals surface area contributed by atoms with Crippen LogP contribution in [-0.2, 0) is 4.79 Å². The van der Waals surface area contributed by atoms with E-state index in [1.165, 1.54) is 0 Å². The summed E-state index contributed by atoms with van der Waals surface area (Å²) in [6.07, 6.45) is 5.28. The van der Waals surface area contributed by atoms with Gasteiger partial charge in [-0.3, -0.25) is 14.9 Å². The summed E-state index contributed by atoms with van der Waals surface area (Å²) >= 11 is 0. The molecule has 1 aliphatic heterocycles. The number of nitrogens with zero attached hydrogens (tertiary/aromatic N) is 6. The van der Waals surface area contributed by atoms with Crippen LogP contribution in [0.5, 0.6) is 0 Å². The first kappa shape index (κ1) is 24.9. The van der Waals surface area contributed by atoms with Gasteiger partial charge in [-0.25, -0.2) is 14.4 Å². The topological polar surface area (TPSA) is 119 Å². The number of imidazole rings is 1. The van der Waals surface area contributed by atoms with Gasteiger partial charge in [0.25, 0.3) is 0 Å². The Labute approximate surface area is 224 Å². The third kappa shape index (κ3) is 4.81. The Morgan fingerprint density at radius 2 is 1.97 bits per heavy atom. The molecule has 0 saturated carbocycles. The van der Waals surface area contributed by atoms with Gasteiger partial charge in [0.15, 0.2) is 11.5 Å². The predicted molar refractivity (Wildman–Crippen MR) is 150 cm³/mol. The number of amides is 1. The lowest BCUT2D eigenvalue weighted by Gasteiger charge is -2.34. The maximum Gasteiger partial charge on any atom is 0.224 e. The number of rotatable bonds is 6. The summed E-state index contributed by atoms with van der Waals surface area (Å²) in [6.45, 7) is 7.70. The van der Waals surface area contributed by atoms with Crippen molar-refractivity contribution in [1.82, 2.24) is 35.0 Å². The van der Waals surface area contributed by atoms with E-state index < -0.39 is 5.82 Å². The van der Waals surface area contributed by atoms with Gasteiger partial charge in [0, 0.05) is 56.1 Å². The minimum atomic E-state index is -0.448. The maximum absolute atomic E-state index is 16.1. The second-order valence-corrected chi connectivity index (χ2v) is 10.4. The molecule has 11 heteroatoms. The van der Waals surface area contributed by atoms with Crippen molar-refractivity contribution in [3.8, 4) is 22.6 Å². The van der Waals surface area contributed by atoms with Gasteiger partial charge in [-0.1, -0.05) is 13.8 Å². The largest absolute Gasteiger partial charge is 0.367 e. The van der Waals surface area contributed by atoms with Crippen LogP contribution in [0.25, 0.3) is 44.7 Å². The van der Waals surface area contributed by atoms with E-state index in [1.807, 2.05) is 19.9 Å². The summed E-state index contributed by atoms with van der Waals surface area (Å²) in [6, 6.07) is 7.17. The number of halogens is 1. The van der Waals surface area contributed by atoms with Gasteiger partial charge in [0.1, 0.15) is 17.0 Å². The fourth-order valence-corrected chi connectivity index (χ4v) is 5.03. The van der Waals surface area contributed by atoms with E-state index in [0.29, 0.717) is 51.3 Å². The highest BCUT2D eigenvalue weighted by Crippen LogP contribution is 2.35. The molecule has 10 nitrogen and oxygen atoms in total. The Bertz CT molecular complexity index is 1670. The normalized spacial score (nSPS) is 14.5. The Kier molecular flexibility index (Phi) is 6.43. The van der Waals surface area contributed by atoms with Gasteiger partial charge in [0.2, 0.25) is 5.91 Å². The average molecular weight is 528 g/mol. The van der Waals surface area contributed by atoms with Crippen LogP contribution in [0.2, 0.25) is 0 Å². The van der Waals surface area contributed by atoms with Gasteiger partial charge in [-0.05, 0) is 37.2 Å². The number of anilines is 2. The molecule has 1 fully saturated rings. The minimum Gasteiger partial charge on any atom is -0.367 e. The van der Waals surface area contributed by atoms with Crippen molar-refractivity contribution in [3.05, 3.63) is 48.7 Å². The standard InChI is InChI=1S/C28H30FN9O/c1-16(2)12-22(39)32-18-13-17(14-30-15-18)19-4-5-20-23(24(19)29)26(36-35-20)28-33-25-21(6-7-31-27(25)34-28)38-10-8-37(3)9-11-38/h4-7,13-16H,8-12H2,1-3H3,(H,32,39)(H,35,36)(H,31,33,34). The third-order valence-electron chi connectivity index (χ3n) is 7.03. The molecule has 1 amide bonds. The molecule has 200 valence electrons. The Balaban J connectivity index is 1.38. The van der Waals surface area contributed by atoms with E-state index in [9.17, 15) is 4.79 Å². The summed E-state index contributed by atoms with van der Waals surface area (Å²) in [5, 5.41) is 10.5. The SMILES string of the molecule is CC(C)CC(=O)Nc1cncc(-c2ccc3[nH]nc(-c4nc5nccc(N6CCN(C)CC6)c5[nH]4)c3c2F)c1. The van der Waals surface area contributed by atoms with E-state index in [-0.39, 0.29) is 11.8 Å². The van der Waals surface area contributed by atoms with E-state index in [4.69, 9.17) is 0 Å². The summed E-state index contributed by atoms with van der Waals surface area (Å²) in [4.78, 5) is 33.6. The molecule has 4 aromatic heterocycles. The zero-order chi connectivity index (χ0) is 27.1. The number of fused-ring (bicyclic) bond motifs is 2. The molecule has 3 N–H and O–H groups in total. The number of pyridine rings is 2. The number of benzene rings is 1. The molecule has 5 aromatic rings. The smallest absolute Gasteiger partial charge is 0.224 e. The first-order valence-corrected chi connectivity index (χ1v) is 13.1. The number of piperazine rings is 1. The summed E-state index contributed by atoms with van der Waals surface area (Å²) in [5.74, 6) is 0.114. The molecule has 0 bridgehead atoms. The lowest BCUT2D eigenvalue weighted by molar-refractivity contribution is -0.116. The van der Waals surface area contributed by atoms with Gasteiger partial charge in [0.05, 0.1) is 28.5 Å². The number of aromatic amines is 2. The number of hydrogen-bond donors (Lipinski definition) is 3. The highest BCUT2D eigenvalue weighted by atomic mass is 19.1. The molecule has 0 unspecified atom stereocenters. The van der Waals surface area contributed by atoms with Crippen LogP contribution in [0.3, 0.4) is 0 Å². The van der Waals surface area contributed by atoms with Crippen LogP contribution in [-0.4, -0.2) is 74.2 Å². The lowest BCUT2D eigenvalue weighted by atomic mass is 10.0. The molecule has 0 spiro atoms. The van der Waals surface area contributed by atoms with Crippen LogP contribution in [0.1, 0.15) is 20.3 Å². The van der Waals surface area contributed by atoms with Crippen molar-refractivity contribution in [2.45, 2.75) is 20.3 Å². The number of carbonyl (C=O) groups excluding carboxylic acids is 1. The van der Waals surface area contributed by atoms with Crippen molar-refractivity contribution in [3.63, 3.8) is 0 Å². The van der Waals surface area contributed by atoms with Gasteiger partial charge in [-0.2, -0.15) is 5.10 Å². The summed E-state index contributed by atoms with van der Waals surface area (Å²) in [5.41, 5.74) is 4.73. The van der Waals surface area contributed by atoms with Crippen LogP contribution in [0.15, 0.2) is 42.9 Å². The number of hydrogen-bond acceptors (Lipinski definition) is 7. The molecule has 1 aromatic carbocycles. The van der Waals surface area contributed by atoms with Crippen LogP contribution < -0.4 is 10.2 Å². The second kappa shape index (κ2) is 10.1. The number of aromatic nitrogens is 6. The van der Waals surface area contributed by atoms with E-state index in [1.54, 1.807) is 36.8 Å². The Morgan fingerprint density at radius 1 is 1.15 bits per heavy atom. The quantitative estimate of drug-likeness (QED) is 0.299.